The lowest BCUT2D eigenvalue weighted by Crippen LogP contribution is -2.54. The van der Waals surface area contributed by atoms with Gasteiger partial charge in [-0.1, -0.05) is 12.1 Å². The Hall–Kier alpha value is -2.85. The van der Waals surface area contributed by atoms with Crippen molar-refractivity contribution in [3.63, 3.8) is 0 Å². The van der Waals surface area contributed by atoms with Crippen LogP contribution in [0.5, 0.6) is 0 Å². The van der Waals surface area contributed by atoms with Gasteiger partial charge in [-0.3, -0.25) is 9.52 Å². The molecule has 2 aliphatic rings. The van der Waals surface area contributed by atoms with Crippen molar-refractivity contribution in [3.8, 4) is 11.1 Å². The van der Waals surface area contributed by atoms with Crippen LogP contribution in [0.2, 0.25) is 0 Å². The maximum atomic E-state index is 12.5. The predicted octanol–water partition coefficient (Wildman–Crippen LogP) is 2.96. The van der Waals surface area contributed by atoms with Crippen LogP contribution < -0.4 is 15.4 Å². The summed E-state index contributed by atoms with van der Waals surface area (Å²) in [6.45, 7) is 6.42. The van der Waals surface area contributed by atoms with Gasteiger partial charge in [0.25, 0.3) is 0 Å². The molecule has 190 valence electrons. The van der Waals surface area contributed by atoms with Gasteiger partial charge in [0.05, 0.1) is 30.7 Å². The number of rotatable bonds is 8. The van der Waals surface area contributed by atoms with Crippen LogP contribution in [0.15, 0.2) is 24.3 Å². The summed E-state index contributed by atoms with van der Waals surface area (Å²) in [5, 5.41) is 0. The maximum absolute atomic E-state index is 12.5. The van der Waals surface area contributed by atoms with Crippen LogP contribution in [0.25, 0.3) is 11.1 Å². The first-order valence-corrected chi connectivity index (χ1v) is 13.9. The van der Waals surface area contributed by atoms with Crippen molar-refractivity contribution in [2.45, 2.75) is 45.1 Å². The molecule has 1 saturated carbocycles. The lowest BCUT2D eigenvalue weighted by atomic mass is 9.95. The third-order valence-electron chi connectivity index (χ3n) is 6.69. The number of hydrogen-bond donors (Lipinski definition) is 2. The molecule has 1 saturated heterocycles. The number of methoxy groups -OCH3 is 1. The number of hydrogen-bond acceptors (Lipinski definition) is 7. The minimum Gasteiger partial charge on any atom is -0.396 e. The van der Waals surface area contributed by atoms with Gasteiger partial charge in [0.15, 0.2) is 5.82 Å². The van der Waals surface area contributed by atoms with Gasteiger partial charge in [0, 0.05) is 50.0 Å². The zero-order valence-corrected chi connectivity index (χ0v) is 21.7. The average molecular weight is 502 g/mol. The Morgan fingerprint density at radius 1 is 1.29 bits per heavy atom. The number of nitrogens with zero attached hydrogens (tertiary/aromatic N) is 3. The molecule has 1 aromatic heterocycles. The normalized spacial score (nSPS) is 18.6. The summed E-state index contributed by atoms with van der Waals surface area (Å²) in [4.78, 5) is 21.7. The number of piperazine rings is 1. The maximum Gasteiger partial charge on any atom is 0.229 e. The Labute approximate surface area is 207 Å². The molecule has 0 radical (unpaired) electrons. The third kappa shape index (κ3) is 5.70. The molecule has 0 bridgehead atoms. The fourth-order valence-corrected chi connectivity index (χ4v) is 5.34. The summed E-state index contributed by atoms with van der Waals surface area (Å²) in [5.74, 6) is 1.24. The van der Waals surface area contributed by atoms with E-state index >= 15 is 0 Å². The standard InChI is InChI=1S/C25H35N5O4S/c1-16-15-29(11-12-30(16)21(31)10-13-34-3)25-23(26)17(2)22(24(27-25)18-8-9-18)19-6-5-7-20(14-19)28-35(4,32)33/h5-7,14,16,18,28H,8-13,15,26H2,1-4H3/t16-/m1/s1. The highest BCUT2D eigenvalue weighted by atomic mass is 32.2. The second kappa shape index (κ2) is 10.0. The van der Waals surface area contributed by atoms with Crippen LogP contribution in [-0.4, -0.2) is 69.9 Å². The number of pyridine rings is 1. The van der Waals surface area contributed by atoms with Gasteiger partial charge in [-0.05, 0) is 49.9 Å². The second-order valence-electron chi connectivity index (χ2n) is 9.59. The zero-order valence-electron chi connectivity index (χ0n) is 20.9. The highest BCUT2D eigenvalue weighted by Crippen LogP contribution is 2.47. The van der Waals surface area contributed by atoms with Crippen LogP contribution in [0.4, 0.5) is 17.2 Å². The van der Waals surface area contributed by atoms with Crippen molar-refractivity contribution in [3.05, 3.63) is 35.5 Å². The number of sulfonamides is 1. The summed E-state index contributed by atoms with van der Waals surface area (Å²) in [6, 6.07) is 7.41. The Kier molecular flexibility index (Phi) is 7.23. The van der Waals surface area contributed by atoms with Gasteiger partial charge in [-0.15, -0.1) is 0 Å². The number of anilines is 3. The quantitative estimate of drug-likeness (QED) is 0.571. The minimum atomic E-state index is -3.38. The summed E-state index contributed by atoms with van der Waals surface area (Å²) in [5.41, 5.74) is 11.6. The molecule has 0 unspecified atom stereocenters. The van der Waals surface area contributed by atoms with Crippen LogP contribution in [0.1, 0.15) is 43.4 Å². The molecule has 4 rings (SSSR count). The lowest BCUT2D eigenvalue weighted by Gasteiger charge is -2.41. The molecule has 2 aromatic rings. The number of nitrogen functional groups attached to an aromatic ring is 1. The first-order chi connectivity index (χ1) is 16.6. The van der Waals surface area contributed by atoms with E-state index in [1.807, 2.05) is 30.0 Å². The van der Waals surface area contributed by atoms with Gasteiger partial charge in [0.2, 0.25) is 15.9 Å². The highest BCUT2D eigenvalue weighted by molar-refractivity contribution is 7.92. The number of nitrogens with one attached hydrogen (secondary N) is 1. The predicted molar refractivity (Wildman–Crippen MR) is 139 cm³/mol. The lowest BCUT2D eigenvalue weighted by molar-refractivity contribution is -0.134. The monoisotopic (exact) mass is 501 g/mol. The number of ether oxygens (including phenoxy) is 1. The van der Waals surface area contributed by atoms with E-state index in [9.17, 15) is 13.2 Å². The zero-order chi connectivity index (χ0) is 25.3. The molecule has 3 N–H and O–H groups in total. The summed E-state index contributed by atoms with van der Waals surface area (Å²) in [6.07, 6.45) is 3.67. The molecule has 1 amide bonds. The molecular formula is C25H35N5O4S. The van der Waals surface area contributed by atoms with E-state index in [1.165, 1.54) is 0 Å². The smallest absolute Gasteiger partial charge is 0.229 e. The fourth-order valence-electron chi connectivity index (χ4n) is 4.79. The SMILES string of the molecule is COCCC(=O)N1CCN(c2nc(C3CC3)c(-c3cccc(NS(C)(=O)=O)c3)c(C)c2N)C[C@H]1C. The van der Waals surface area contributed by atoms with Crippen LogP contribution in [0.3, 0.4) is 0 Å². The van der Waals surface area contributed by atoms with Gasteiger partial charge in [0.1, 0.15) is 0 Å². The number of amides is 1. The van der Waals surface area contributed by atoms with Crippen molar-refractivity contribution in [2.24, 2.45) is 0 Å². The van der Waals surface area contributed by atoms with Gasteiger partial charge < -0.3 is 20.3 Å². The topological polar surface area (TPSA) is 118 Å². The molecule has 10 heteroatoms. The second-order valence-corrected chi connectivity index (χ2v) is 11.3. The first kappa shape index (κ1) is 25.2. The summed E-state index contributed by atoms with van der Waals surface area (Å²) >= 11 is 0. The number of carbonyl (C=O) groups is 1. The Morgan fingerprint density at radius 3 is 2.66 bits per heavy atom. The van der Waals surface area contributed by atoms with Crippen LogP contribution >= 0.6 is 0 Å². The van der Waals surface area contributed by atoms with E-state index in [0.717, 1.165) is 47.3 Å². The van der Waals surface area contributed by atoms with Gasteiger partial charge in [-0.2, -0.15) is 0 Å². The molecule has 2 fully saturated rings. The van der Waals surface area contributed by atoms with E-state index in [1.54, 1.807) is 13.2 Å². The summed E-state index contributed by atoms with van der Waals surface area (Å²) < 4.78 is 31.1. The first-order valence-electron chi connectivity index (χ1n) is 12.0. The highest BCUT2D eigenvalue weighted by Gasteiger charge is 2.34. The number of benzene rings is 1. The fraction of sp³-hybridized carbons (Fsp3) is 0.520. The van der Waals surface area contributed by atoms with Crippen molar-refractivity contribution in [1.82, 2.24) is 9.88 Å². The number of aromatic nitrogens is 1. The van der Waals surface area contributed by atoms with Crippen molar-refractivity contribution in [2.75, 3.05) is 55.0 Å². The number of carbonyl (C=O) groups excluding carboxylic acids is 1. The molecule has 1 aromatic carbocycles. The van der Waals surface area contributed by atoms with Crippen LogP contribution in [0, 0.1) is 6.92 Å². The van der Waals surface area contributed by atoms with Crippen molar-refractivity contribution in [1.29, 1.82) is 0 Å². The molecule has 9 nitrogen and oxygen atoms in total. The van der Waals surface area contributed by atoms with E-state index in [-0.39, 0.29) is 11.9 Å². The molecular weight excluding hydrogens is 466 g/mol. The van der Waals surface area contributed by atoms with E-state index in [2.05, 4.69) is 16.5 Å². The van der Waals surface area contributed by atoms with Gasteiger partial charge >= 0.3 is 0 Å². The Morgan fingerprint density at radius 2 is 2.03 bits per heavy atom. The van der Waals surface area contributed by atoms with Gasteiger partial charge in [-0.25, -0.2) is 13.4 Å². The molecule has 2 heterocycles. The molecule has 1 aliphatic heterocycles. The largest absolute Gasteiger partial charge is 0.396 e. The molecule has 1 aliphatic carbocycles. The molecule has 0 spiro atoms. The Balaban J connectivity index is 1.65. The molecule has 1 atom stereocenters. The average Bonchev–Trinajstić information content (AvgIpc) is 3.63. The summed E-state index contributed by atoms with van der Waals surface area (Å²) in [7, 11) is -1.78. The molecule has 35 heavy (non-hydrogen) atoms. The third-order valence-corrected chi connectivity index (χ3v) is 7.29. The van der Waals surface area contributed by atoms with Crippen molar-refractivity contribution < 1.29 is 17.9 Å². The minimum absolute atomic E-state index is 0.0393. The van der Waals surface area contributed by atoms with E-state index < -0.39 is 10.0 Å². The van der Waals surface area contributed by atoms with Crippen molar-refractivity contribution >= 4 is 33.1 Å². The van der Waals surface area contributed by atoms with Crippen LogP contribution in [-0.2, 0) is 19.6 Å². The number of nitrogens with two attached hydrogens (primary N) is 1. The Bertz CT molecular complexity index is 1210. The van der Waals surface area contributed by atoms with E-state index in [4.69, 9.17) is 15.5 Å². The van der Waals surface area contributed by atoms with E-state index in [0.29, 0.717) is 50.0 Å².